The molecule has 0 saturated heterocycles. The van der Waals surface area contributed by atoms with Crippen molar-refractivity contribution in [2.75, 3.05) is 42.4 Å². The van der Waals surface area contributed by atoms with Crippen LogP contribution >= 0.6 is 0 Å². The zero-order valence-electron chi connectivity index (χ0n) is 20.1. The lowest BCUT2D eigenvalue weighted by Gasteiger charge is -2.36. The molecule has 2 aromatic rings. The molecule has 34 heavy (non-hydrogen) atoms. The number of urea groups is 1. The van der Waals surface area contributed by atoms with Crippen LogP contribution in [0.5, 0.6) is 5.75 Å². The minimum atomic E-state index is -0.901. The summed E-state index contributed by atoms with van der Waals surface area (Å²) in [6, 6.07) is 2.65. The number of nitrogens with one attached hydrogen (secondary N) is 1. The van der Waals surface area contributed by atoms with Crippen molar-refractivity contribution in [1.82, 2.24) is 14.9 Å². The van der Waals surface area contributed by atoms with Gasteiger partial charge in [0.2, 0.25) is 5.95 Å². The van der Waals surface area contributed by atoms with Gasteiger partial charge in [0.1, 0.15) is 17.3 Å². The molecule has 0 atom stereocenters. The Morgan fingerprint density at radius 1 is 1.18 bits per heavy atom. The van der Waals surface area contributed by atoms with Crippen LogP contribution in [0, 0.1) is 11.6 Å². The maximum Gasteiger partial charge on any atom is 0.330 e. The van der Waals surface area contributed by atoms with E-state index in [0.29, 0.717) is 29.9 Å². The molecule has 2 amide bonds. The van der Waals surface area contributed by atoms with Crippen molar-refractivity contribution in [2.45, 2.75) is 58.2 Å². The third-order valence-electron chi connectivity index (χ3n) is 6.57. The van der Waals surface area contributed by atoms with Crippen LogP contribution in [0.25, 0.3) is 0 Å². The summed E-state index contributed by atoms with van der Waals surface area (Å²) in [7, 11) is 4.21. The smallest absolute Gasteiger partial charge is 0.330 e. The number of ether oxygens (including phenoxy) is 1. The highest BCUT2D eigenvalue weighted by Gasteiger charge is 2.36. The van der Waals surface area contributed by atoms with E-state index in [1.54, 1.807) is 20.0 Å². The number of amides is 2. The molecule has 2 heterocycles. The van der Waals surface area contributed by atoms with Gasteiger partial charge in [-0.25, -0.2) is 18.6 Å². The van der Waals surface area contributed by atoms with E-state index in [1.165, 1.54) is 11.0 Å². The second-order valence-electron chi connectivity index (χ2n) is 8.91. The fourth-order valence-electron chi connectivity index (χ4n) is 4.70. The van der Waals surface area contributed by atoms with Crippen molar-refractivity contribution in [2.24, 2.45) is 0 Å². The summed E-state index contributed by atoms with van der Waals surface area (Å²) in [6.07, 6.45) is 5.86. The maximum absolute atomic E-state index is 15.1. The summed E-state index contributed by atoms with van der Waals surface area (Å²) >= 11 is 0. The highest BCUT2D eigenvalue weighted by atomic mass is 19.1. The topological polar surface area (TPSA) is 73.8 Å². The van der Waals surface area contributed by atoms with Gasteiger partial charge in [-0.2, -0.15) is 4.98 Å². The van der Waals surface area contributed by atoms with Crippen LogP contribution in [0.4, 0.5) is 31.0 Å². The van der Waals surface area contributed by atoms with E-state index in [4.69, 9.17) is 4.74 Å². The lowest BCUT2D eigenvalue weighted by atomic mass is 9.91. The van der Waals surface area contributed by atoms with Crippen molar-refractivity contribution in [1.29, 1.82) is 0 Å². The number of hydrogen-bond acceptors (Lipinski definition) is 6. The Kier molecular flexibility index (Phi) is 7.16. The van der Waals surface area contributed by atoms with E-state index in [9.17, 15) is 9.18 Å². The number of carbonyl (C=O) groups is 1. The Morgan fingerprint density at radius 2 is 1.91 bits per heavy atom. The molecule has 1 fully saturated rings. The van der Waals surface area contributed by atoms with Crippen LogP contribution in [0.2, 0.25) is 0 Å². The van der Waals surface area contributed by atoms with Gasteiger partial charge in [0, 0.05) is 30.4 Å². The Labute approximate surface area is 198 Å². The second-order valence-corrected chi connectivity index (χ2v) is 8.91. The number of aromatic nitrogens is 2. The van der Waals surface area contributed by atoms with Gasteiger partial charge < -0.3 is 15.0 Å². The monoisotopic (exact) mass is 474 g/mol. The fourth-order valence-corrected chi connectivity index (χ4v) is 4.70. The number of fused-ring (bicyclic) bond motifs is 1. The molecule has 1 aliphatic carbocycles. The summed E-state index contributed by atoms with van der Waals surface area (Å²) in [6.45, 7) is 3.98. The number of rotatable bonds is 7. The molecule has 10 heteroatoms. The van der Waals surface area contributed by atoms with Crippen molar-refractivity contribution >= 4 is 23.5 Å². The molecule has 4 rings (SSSR count). The molecule has 2 aliphatic rings. The zero-order valence-corrected chi connectivity index (χ0v) is 20.1. The van der Waals surface area contributed by atoms with E-state index in [1.807, 2.05) is 0 Å². The van der Waals surface area contributed by atoms with E-state index in [-0.39, 0.29) is 24.9 Å². The molecular formula is C24H32F2N6O2. The standard InChI is InChI=1S/C24H32F2N6O2/c1-5-31-22-15(13-27-23(29-22)28-16-7-9-17(10-8-16)30(3)4)14-32(24(31)33)21-18(25)11-12-19(20(21)26)34-6-2/h11-13,16-17H,5-10,14H2,1-4H3,(H,27,28,29). The molecule has 0 bridgehead atoms. The number of carbonyl (C=O) groups excluding carboxylic acids is 1. The molecule has 1 aliphatic heterocycles. The Bertz CT molecular complexity index is 1040. The number of anilines is 3. The Hall–Kier alpha value is -3.01. The summed E-state index contributed by atoms with van der Waals surface area (Å²) in [5.41, 5.74) is 0.184. The highest BCUT2D eigenvalue weighted by molar-refractivity contribution is 6.05. The van der Waals surface area contributed by atoms with Gasteiger partial charge in [-0.1, -0.05) is 0 Å². The molecule has 1 aromatic heterocycles. The van der Waals surface area contributed by atoms with Gasteiger partial charge in [-0.3, -0.25) is 9.80 Å². The molecule has 0 unspecified atom stereocenters. The minimum absolute atomic E-state index is 0.0394. The first kappa shape index (κ1) is 24.1. The first-order chi connectivity index (χ1) is 16.3. The molecule has 0 spiro atoms. The molecule has 1 N–H and O–H groups in total. The normalized spacial score (nSPS) is 20.5. The zero-order chi connectivity index (χ0) is 24.4. The van der Waals surface area contributed by atoms with Crippen molar-refractivity contribution < 1.29 is 18.3 Å². The average Bonchev–Trinajstić information content (AvgIpc) is 2.82. The van der Waals surface area contributed by atoms with E-state index in [0.717, 1.165) is 36.6 Å². The second kappa shape index (κ2) is 10.1. The molecule has 1 saturated carbocycles. The van der Waals surface area contributed by atoms with Crippen molar-refractivity contribution in [3.8, 4) is 5.75 Å². The summed E-state index contributed by atoms with van der Waals surface area (Å²) < 4.78 is 35.0. The Morgan fingerprint density at radius 3 is 2.56 bits per heavy atom. The molecule has 1 aromatic carbocycles. The third-order valence-corrected chi connectivity index (χ3v) is 6.57. The maximum atomic E-state index is 15.1. The van der Waals surface area contributed by atoms with Crippen molar-refractivity contribution in [3.05, 3.63) is 35.5 Å². The molecule has 184 valence electrons. The van der Waals surface area contributed by atoms with Gasteiger partial charge in [-0.15, -0.1) is 0 Å². The average molecular weight is 475 g/mol. The van der Waals surface area contributed by atoms with Crippen LogP contribution < -0.4 is 19.9 Å². The van der Waals surface area contributed by atoms with E-state index >= 15 is 4.39 Å². The number of halogens is 2. The molecular weight excluding hydrogens is 442 g/mol. The summed E-state index contributed by atoms with van der Waals surface area (Å²) in [5.74, 6) is -0.906. The number of nitrogens with zero attached hydrogens (tertiary/aromatic N) is 5. The Balaban J connectivity index is 1.58. The number of hydrogen-bond donors (Lipinski definition) is 1. The van der Waals surface area contributed by atoms with Crippen LogP contribution in [-0.4, -0.2) is 60.2 Å². The van der Waals surface area contributed by atoms with Crippen molar-refractivity contribution in [3.63, 3.8) is 0 Å². The van der Waals surface area contributed by atoms with Crippen LogP contribution in [-0.2, 0) is 6.54 Å². The third kappa shape index (κ3) is 4.64. The van der Waals surface area contributed by atoms with Gasteiger partial charge in [0.25, 0.3) is 0 Å². The minimum Gasteiger partial charge on any atom is -0.491 e. The largest absolute Gasteiger partial charge is 0.491 e. The quantitative estimate of drug-likeness (QED) is 0.641. The molecule has 8 nitrogen and oxygen atoms in total. The summed E-state index contributed by atoms with van der Waals surface area (Å²) in [4.78, 5) is 27.1. The SMILES string of the molecule is CCOc1ccc(F)c(N2Cc3cnc(NC4CCC(N(C)C)CC4)nc3N(CC)C2=O)c1F. The van der Waals surface area contributed by atoms with Crippen LogP contribution in [0.15, 0.2) is 18.3 Å². The van der Waals surface area contributed by atoms with Crippen LogP contribution in [0.1, 0.15) is 45.1 Å². The predicted octanol–water partition coefficient (Wildman–Crippen LogP) is 4.40. The first-order valence-corrected chi connectivity index (χ1v) is 11.8. The lowest BCUT2D eigenvalue weighted by molar-refractivity contribution is 0.221. The first-order valence-electron chi connectivity index (χ1n) is 11.8. The van der Waals surface area contributed by atoms with E-state index < -0.39 is 23.4 Å². The lowest BCUT2D eigenvalue weighted by Crippen LogP contribution is -2.48. The van der Waals surface area contributed by atoms with Crippen LogP contribution in [0.3, 0.4) is 0 Å². The predicted molar refractivity (Wildman–Crippen MR) is 128 cm³/mol. The fraction of sp³-hybridized carbons (Fsp3) is 0.542. The number of benzene rings is 1. The van der Waals surface area contributed by atoms with Gasteiger partial charge in [0.05, 0.1) is 13.2 Å². The summed E-state index contributed by atoms with van der Waals surface area (Å²) in [5, 5.41) is 3.40. The van der Waals surface area contributed by atoms with Gasteiger partial charge in [-0.05, 0) is 65.8 Å². The van der Waals surface area contributed by atoms with Gasteiger partial charge >= 0.3 is 6.03 Å². The highest BCUT2D eigenvalue weighted by Crippen LogP contribution is 2.36. The van der Waals surface area contributed by atoms with E-state index in [2.05, 4.69) is 34.3 Å². The van der Waals surface area contributed by atoms with Gasteiger partial charge in [0.15, 0.2) is 11.6 Å². The molecule has 0 radical (unpaired) electrons.